The number of carbonyl (C=O) groups is 1. The fraction of sp³-hybridized carbons (Fsp3) is 0.400. The van der Waals surface area contributed by atoms with Crippen LogP contribution in [0.25, 0.3) is 0 Å². The molecule has 0 aromatic carbocycles. The molecule has 18 heavy (non-hydrogen) atoms. The molecule has 8 heteroatoms. The minimum atomic E-state index is -3.45. The lowest BCUT2D eigenvalue weighted by Crippen LogP contribution is -2.17. The summed E-state index contributed by atoms with van der Waals surface area (Å²) in [6, 6.07) is 3.25. The number of rotatable bonds is 5. The molecule has 2 N–H and O–H groups in total. The van der Waals surface area contributed by atoms with E-state index in [1.807, 2.05) is 0 Å². The lowest BCUT2D eigenvalue weighted by molar-refractivity contribution is 0.0599. The number of pyridine rings is 1. The molecule has 6 nitrogen and oxygen atoms in total. The van der Waals surface area contributed by atoms with Gasteiger partial charge in [0, 0.05) is 5.75 Å². The second-order valence-electron chi connectivity index (χ2n) is 3.49. The maximum atomic E-state index is 11.3. The van der Waals surface area contributed by atoms with E-state index < -0.39 is 16.0 Å². The zero-order chi connectivity index (χ0) is 13.8. The molecule has 0 aliphatic rings. The molecule has 0 bridgehead atoms. The molecule has 0 unspecified atom stereocenters. The molecule has 0 atom stereocenters. The van der Waals surface area contributed by atoms with Gasteiger partial charge in [0.15, 0.2) is 0 Å². The lowest BCUT2D eigenvalue weighted by atomic mass is 10.2. The van der Waals surface area contributed by atoms with Crippen LogP contribution in [-0.4, -0.2) is 38.0 Å². The molecular weight excluding hydrogens is 276 g/mol. The fourth-order valence-corrected chi connectivity index (χ4v) is 3.04. The van der Waals surface area contributed by atoms with Gasteiger partial charge in [0.05, 0.1) is 29.1 Å². The van der Waals surface area contributed by atoms with Gasteiger partial charge in [-0.05, 0) is 19.1 Å². The van der Waals surface area contributed by atoms with Gasteiger partial charge >= 0.3 is 5.97 Å². The summed E-state index contributed by atoms with van der Waals surface area (Å²) in [6.45, 7) is 1.69. The highest BCUT2D eigenvalue weighted by molar-refractivity contribution is 8.00. The SMILES string of the molecule is COC(=O)c1ccc(SCCS(N)(=O)=O)nc1C. The number of nitrogens with two attached hydrogens (primary N) is 1. The minimum Gasteiger partial charge on any atom is -0.465 e. The van der Waals surface area contributed by atoms with Gasteiger partial charge in [0.2, 0.25) is 10.0 Å². The molecule has 0 fully saturated rings. The van der Waals surface area contributed by atoms with Crippen molar-refractivity contribution in [2.24, 2.45) is 5.14 Å². The Balaban J connectivity index is 2.70. The monoisotopic (exact) mass is 290 g/mol. The summed E-state index contributed by atoms with van der Waals surface area (Å²) >= 11 is 1.27. The van der Waals surface area contributed by atoms with Crippen LogP contribution >= 0.6 is 11.8 Å². The van der Waals surface area contributed by atoms with Gasteiger partial charge in [0.1, 0.15) is 0 Å². The third-order valence-corrected chi connectivity index (χ3v) is 4.05. The van der Waals surface area contributed by atoms with E-state index in [1.165, 1.54) is 18.9 Å². The average Bonchev–Trinajstić information content (AvgIpc) is 2.26. The smallest absolute Gasteiger partial charge is 0.339 e. The Morgan fingerprint density at radius 3 is 2.67 bits per heavy atom. The fourth-order valence-electron chi connectivity index (χ4n) is 1.21. The number of methoxy groups -OCH3 is 1. The summed E-state index contributed by atoms with van der Waals surface area (Å²) in [5, 5.41) is 5.53. The van der Waals surface area contributed by atoms with Crippen LogP contribution in [0.4, 0.5) is 0 Å². The van der Waals surface area contributed by atoms with E-state index in [1.54, 1.807) is 19.1 Å². The van der Waals surface area contributed by atoms with Crippen molar-refractivity contribution < 1.29 is 17.9 Å². The number of aromatic nitrogens is 1. The van der Waals surface area contributed by atoms with E-state index in [9.17, 15) is 13.2 Å². The van der Waals surface area contributed by atoms with Crippen LogP contribution in [0.1, 0.15) is 16.1 Å². The van der Waals surface area contributed by atoms with Gasteiger partial charge < -0.3 is 4.74 Å². The molecule has 0 aliphatic carbocycles. The van der Waals surface area contributed by atoms with Gasteiger partial charge in [-0.25, -0.2) is 23.3 Å². The number of ether oxygens (including phenoxy) is 1. The van der Waals surface area contributed by atoms with Crippen LogP contribution in [0.15, 0.2) is 17.2 Å². The Morgan fingerprint density at radius 1 is 1.50 bits per heavy atom. The van der Waals surface area contributed by atoms with E-state index in [4.69, 9.17) is 5.14 Å². The molecule has 1 rings (SSSR count). The first kappa shape index (κ1) is 14.9. The van der Waals surface area contributed by atoms with Crippen LogP contribution in [0.3, 0.4) is 0 Å². The number of sulfonamides is 1. The van der Waals surface area contributed by atoms with Crippen molar-refractivity contribution in [3.8, 4) is 0 Å². The zero-order valence-electron chi connectivity index (χ0n) is 10.0. The first-order valence-corrected chi connectivity index (χ1v) is 7.73. The maximum absolute atomic E-state index is 11.3. The molecule has 0 aliphatic heterocycles. The second-order valence-corrected chi connectivity index (χ2v) is 6.34. The molecule has 0 amide bonds. The summed E-state index contributed by atoms with van der Waals surface area (Å²) in [6.07, 6.45) is 0. The number of hydrogen-bond donors (Lipinski definition) is 1. The van der Waals surface area contributed by atoms with Crippen molar-refractivity contribution >= 4 is 27.8 Å². The molecule has 1 heterocycles. The van der Waals surface area contributed by atoms with E-state index in [0.717, 1.165) is 0 Å². The highest BCUT2D eigenvalue weighted by atomic mass is 32.2. The standard InChI is InChI=1S/C10H14N2O4S2/c1-7-8(10(13)16-2)3-4-9(12-7)17-5-6-18(11,14)15/h3-4H,5-6H2,1-2H3,(H2,11,14,15). The largest absolute Gasteiger partial charge is 0.465 e. The summed E-state index contributed by atoms with van der Waals surface area (Å²) in [4.78, 5) is 15.5. The normalized spacial score (nSPS) is 11.3. The predicted molar refractivity (Wildman–Crippen MR) is 69.0 cm³/mol. The molecule has 0 radical (unpaired) electrons. The van der Waals surface area contributed by atoms with Gasteiger partial charge in [-0.2, -0.15) is 0 Å². The van der Waals surface area contributed by atoms with Crippen molar-refractivity contribution in [3.63, 3.8) is 0 Å². The lowest BCUT2D eigenvalue weighted by Gasteiger charge is -2.05. The zero-order valence-corrected chi connectivity index (χ0v) is 11.7. The van der Waals surface area contributed by atoms with E-state index in [-0.39, 0.29) is 5.75 Å². The quantitative estimate of drug-likeness (QED) is 0.628. The third-order valence-electron chi connectivity index (χ3n) is 2.08. The van der Waals surface area contributed by atoms with Crippen molar-refractivity contribution in [1.82, 2.24) is 4.98 Å². The van der Waals surface area contributed by atoms with Crippen LogP contribution in [-0.2, 0) is 14.8 Å². The first-order chi connectivity index (χ1) is 8.33. The van der Waals surface area contributed by atoms with E-state index in [0.29, 0.717) is 22.0 Å². The molecule has 100 valence electrons. The average molecular weight is 290 g/mol. The number of thioether (sulfide) groups is 1. The van der Waals surface area contributed by atoms with Gasteiger partial charge in [0.25, 0.3) is 0 Å². The number of primary sulfonamides is 1. The maximum Gasteiger partial charge on any atom is 0.339 e. The first-order valence-electron chi connectivity index (χ1n) is 5.02. The van der Waals surface area contributed by atoms with Crippen LogP contribution in [0.2, 0.25) is 0 Å². The van der Waals surface area contributed by atoms with Crippen LogP contribution in [0.5, 0.6) is 0 Å². The summed E-state index contributed by atoms with van der Waals surface area (Å²) in [7, 11) is -2.15. The molecule has 1 aromatic heterocycles. The molecule has 0 spiro atoms. The molecular formula is C10H14N2O4S2. The summed E-state index contributed by atoms with van der Waals surface area (Å²) in [5.41, 5.74) is 0.941. The van der Waals surface area contributed by atoms with Gasteiger partial charge in [-0.1, -0.05) is 0 Å². The number of esters is 1. The van der Waals surface area contributed by atoms with Crippen molar-refractivity contribution in [2.75, 3.05) is 18.6 Å². The summed E-state index contributed by atoms with van der Waals surface area (Å²) < 4.78 is 26.1. The Bertz CT molecular complexity index is 543. The highest BCUT2D eigenvalue weighted by Gasteiger charge is 2.11. The third kappa shape index (κ3) is 4.63. The van der Waals surface area contributed by atoms with Crippen molar-refractivity contribution in [1.29, 1.82) is 0 Å². The summed E-state index contributed by atoms with van der Waals surface area (Å²) in [5.74, 6) is -0.235. The number of nitrogens with zero attached hydrogens (tertiary/aromatic N) is 1. The minimum absolute atomic E-state index is 0.114. The Morgan fingerprint density at radius 2 is 2.17 bits per heavy atom. The van der Waals surface area contributed by atoms with E-state index in [2.05, 4.69) is 9.72 Å². The Labute approximate surface area is 110 Å². The number of carbonyl (C=O) groups excluding carboxylic acids is 1. The van der Waals surface area contributed by atoms with E-state index >= 15 is 0 Å². The predicted octanol–water partition coefficient (Wildman–Crippen LogP) is 0.557. The molecule has 0 saturated carbocycles. The Hall–Kier alpha value is -1.12. The highest BCUT2D eigenvalue weighted by Crippen LogP contribution is 2.18. The van der Waals surface area contributed by atoms with Gasteiger partial charge in [-0.3, -0.25) is 0 Å². The Kier molecular flexibility index (Phi) is 5.12. The van der Waals surface area contributed by atoms with Crippen LogP contribution < -0.4 is 5.14 Å². The topological polar surface area (TPSA) is 99.4 Å². The van der Waals surface area contributed by atoms with Crippen molar-refractivity contribution in [3.05, 3.63) is 23.4 Å². The van der Waals surface area contributed by atoms with Crippen molar-refractivity contribution in [2.45, 2.75) is 11.9 Å². The second kappa shape index (κ2) is 6.17. The van der Waals surface area contributed by atoms with Crippen LogP contribution in [0, 0.1) is 6.92 Å². The number of hydrogen-bond acceptors (Lipinski definition) is 6. The van der Waals surface area contributed by atoms with Gasteiger partial charge in [-0.15, -0.1) is 11.8 Å². The molecule has 0 saturated heterocycles. The molecule has 1 aromatic rings. The number of aryl methyl sites for hydroxylation is 1.